The monoisotopic (exact) mass is 139 g/mol. The van der Waals surface area contributed by atoms with Gasteiger partial charge in [0.25, 0.3) is 0 Å². The highest BCUT2D eigenvalue weighted by Gasteiger charge is 2.03. The molecule has 0 fully saturated rings. The molecule has 0 unspecified atom stereocenters. The molecule has 0 aromatic carbocycles. The molecule has 3 heteroatoms. The van der Waals surface area contributed by atoms with Crippen LogP contribution in [-0.2, 0) is 0 Å². The first-order valence-corrected chi connectivity index (χ1v) is 3.51. The van der Waals surface area contributed by atoms with Crippen molar-refractivity contribution in [3.63, 3.8) is 0 Å². The Morgan fingerprint density at radius 1 is 1.30 bits per heavy atom. The second kappa shape index (κ2) is 2.40. The molecule has 1 heterocycles. The molecule has 0 aliphatic carbocycles. The Morgan fingerprint density at radius 3 is 2.10 bits per heavy atom. The molecule has 0 saturated heterocycles. The first-order chi connectivity index (χ1) is 4.61. The fourth-order valence-corrected chi connectivity index (χ4v) is 1.03. The van der Waals surface area contributed by atoms with Crippen LogP contribution in [0.5, 0.6) is 0 Å². The average molecular weight is 139 g/mol. The van der Waals surface area contributed by atoms with Crippen molar-refractivity contribution < 1.29 is 0 Å². The van der Waals surface area contributed by atoms with Gasteiger partial charge in [0, 0.05) is 6.04 Å². The number of hydrogen-bond donors (Lipinski definition) is 0. The topological polar surface area (TPSA) is 30.7 Å². The minimum absolute atomic E-state index is 0.418. The van der Waals surface area contributed by atoms with Crippen molar-refractivity contribution >= 4 is 0 Å². The Labute approximate surface area is 61.1 Å². The van der Waals surface area contributed by atoms with Crippen molar-refractivity contribution in [3.8, 4) is 0 Å². The molecule has 0 spiro atoms. The molecule has 56 valence electrons. The van der Waals surface area contributed by atoms with Crippen molar-refractivity contribution in [3.05, 3.63) is 11.6 Å². The van der Waals surface area contributed by atoms with E-state index in [1.54, 1.807) is 0 Å². The van der Waals surface area contributed by atoms with E-state index in [0.29, 0.717) is 6.04 Å². The van der Waals surface area contributed by atoms with Crippen molar-refractivity contribution in [2.45, 2.75) is 33.7 Å². The van der Waals surface area contributed by atoms with Gasteiger partial charge in [0.15, 0.2) is 0 Å². The highest BCUT2D eigenvalue weighted by Crippen LogP contribution is 2.04. The van der Waals surface area contributed by atoms with E-state index in [-0.39, 0.29) is 0 Å². The molecule has 0 radical (unpaired) electrons. The minimum Gasteiger partial charge on any atom is -0.248 e. The molecular formula is C7H13N3. The largest absolute Gasteiger partial charge is 0.248 e. The molecule has 0 N–H and O–H groups in total. The van der Waals surface area contributed by atoms with Crippen LogP contribution in [-0.4, -0.2) is 14.8 Å². The van der Waals surface area contributed by atoms with Crippen LogP contribution in [0, 0.1) is 13.8 Å². The first-order valence-electron chi connectivity index (χ1n) is 3.51. The zero-order valence-corrected chi connectivity index (χ0v) is 6.92. The molecule has 0 aliphatic heterocycles. The van der Waals surface area contributed by atoms with Crippen LogP contribution in [0.4, 0.5) is 0 Å². The van der Waals surface area contributed by atoms with Gasteiger partial charge in [-0.2, -0.15) is 5.10 Å². The van der Waals surface area contributed by atoms with Gasteiger partial charge in [0.1, 0.15) is 11.6 Å². The minimum atomic E-state index is 0.418. The molecular weight excluding hydrogens is 126 g/mol. The summed E-state index contributed by atoms with van der Waals surface area (Å²) >= 11 is 0. The third kappa shape index (κ3) is 1.17. The van der Waals surface area contributed by atoms with Gasteiger partial charge in [-0.3, -0.25) is 0 Å². The molecule has 1 aromatic rings. The van der Waals surface area contributed by atoms with Gasteiger partial charge in [0.2, 0.25) is 0 Å². The summed E-state index contributed by atoms with van der Waals surface area (Å²) < 4.78 is 1.93. The second-order valence-electron chi connectivity index (χ2n) is 2.74. The Balaban J connectivity index is 3.03. The van der Waals surface area contributed by atoms with Crippen LogP contribution in [0.25, 0.3) is 0 Å². The second-order valence-corrected chi connectivity index (χ2v) is 2.74. The van der Waals surface area contributed by atoms with E-state index < -0.39 is 0 Å². The van der Waals surface area contributed by atoms with E-state index in [0.717, 1.165) is 11.6 Å². The number of nitrogens with zero attached hydrogens (tertiary/aromatic N) is 3. The lowest BCUT2D eigenvalue weighted by atomic mass is 10.4. The van der Waals surface area contributed by atoms with Crippen molar-refractivity contribution in [2.24, 2.45) is 0 Å². The standard InChI is InChI=1S/C7H13N3/c1-5(2)10-7(4)8-6(3)9-10/h5H,1-4H3. The third-order valence-corrected chi connectivity index (χ3v) is 1.40. The van der Waals surface area contributed by atoms with E-state index in [9.17, 15) is 0 Å². The first kappa shape index (κ1) is 7.25. The maximum absolute atomic E-state index is 4.22. The molecule has 0 bridgehead atoms. The molecule has 10 heavy (non-hydrogen) atoms. The maximum Gasteiger partial charge on any atom is 0.147 e. The van der Waals surface area contributed by atoms with Gasteiger partial charge in [-0.15, -0.1) is 0 Å². The Morgan fingerprint density at radius 2 is 1.90 bits per heavy atom. The van der Waals surface area contributed by atoms with Crippen LogP contribution >= 0.6 is 0 Å². The average Bonchev–Trinajstić information content (AvgIpc) is 2.10. The molecule has 0 saturated carbocycles. The summed E-state index contributed by atoms with van der Waals surface area (Å²) in [5.41, 5.74) is 0. The van der Waals surface area contributed by atoms with Gasteiger partial charge >= 0.3 is 0 Å². The zero-order valence-electron chi connectivity index (χ0n) is 6.92. The predicted molar refractivity (Wildman–Crippen MR) is 39.9 cm³/mol. The number of hydrogen-bond acceptors (Lipinski definition) is 2. The van der Waals surface area contributed by atoms with Crippen molar-refractivity contribution in [1.29, 1.82) is 0 Å². The van der Waals surface area contributed by atoms with Crippen LogP contribution in [0.1, 0.15) is 31.5 Å². The fraction of sp³-hybridized carbons (Fsp3) is 0.714. The predicted octanol–water partition coefficient (Wildman–Crippen LogP) is 1.48. The Bertz CT molecular complexity index is 225. The molecule has 1 rings (SSSR count). The third-order valence-electron chi connectivity index (χ3n) is 1.40. The quantitative estimate of drug-likeness (QED) is 0.590. The molecule has 3 nitrogen and oxygen atoms in total. The molecule has 0 atom stereocenters. The van der Waals surface area contributed by atoms with Gasteiger partial charge in [-0.1, -0.05) is 0 Å². The highest BCUT2D eigenvalue weighted by molar-refractivity contribution is 4.88. The number of aromatic nitrogens is 3. The van der Waals surface area contributed by atoms with E-state index in [1.807, 2.05) is 18.5 Å². The Kier molecular flexibility index (Phi) is 1.74. The van der Waals surface area contributed by atoms with E-state index in [4.69, 9.17) is 0 Å². The lowest BCUT2D eigenvalue weighted by Gasteiger charge is -2.04. The van der Waals surface area contributed by atoms with Crippen LogP contribution < -0.4 is 0 Å². The van der Waals surface area contributed by atoms with Crippen LogP contribution in [0.3, 0.4) is 0 Å². The summed E-state index contributed by atoms with van der Waals surface area (Å²) in [4.78, 5) is 4.18. The summed E-state index contributed by atoms with van der Waals surface area (Å²) in [5.74, 6) is 1.85. The van der Waals surface area contributed by atoms with E-state index >= 15 is 0 Å². The number of aryl methyl sites for hydroxylation is 2. The van der Waals surface area contributed by atoms with Crippen molar-refractivity contribution in [2.75, 3.05) is 0 Å². The summed E-state index contributed by atoms with van der Waals surface area (Å²) in [6, 6.07) is 0.418. The van der Waals surface area contributed by atoms with Crippen LogP contribution in [0.2, 0.25) is 0 Å². The lowest BCUT2D eigenvalue weighted by Crippen LogP contribution is -2.04. The van der Waals surface area contributed by atoms with Crippen LogP contribution in [0.15, 0.2) is 0 Å². The van der Waals surface area contributed by atoms with Gasteiger partial charge < -0.3 is 0 Å². The van der Waals surface area contributed by atoms with E-state index in [2.05, 4.69) is 23.9 Å². The Hall–Kier alpha value is -0.860. The molecule has 0 amide bonds. The highest BCUT2D eigenvalue weighted by atomic mass is 15.4. The summed E-state index contributed by atoms with van der Waals surface area (Å²) in [7, 11) is 0. The maximum atomic E-state index is 4.22. The van der Waals surface area contributed by atoms with Crippen molar-refractivity contribution in [1.82, 2.24) is 14.8 Å². The van der Waals surface area contributed by atoms with E-state index in [1.165, 1.54) is 0 Å². The van der Waals surface area contributed by atoms with Gasteiger partial charge in [-0.25, -0.2) is 9.67 Å². The normalized spacial score (nSPS) is 10.9. The lowest BCUT2D eigenvalue weighted by molar-refractivity contribution is 0.514. The summed E-state index contributed by atoms with van der Waals surface area (Å²) in [6.45, 7) is 8.08. The van der Waals surface area contributed by atoms with Gasteiger partial charge in [-0.05, 0) is 27.7 Å². The smallest absolute Gasteiger partial charge is 0.147 e. The summed E-state index contributed by atoms with van der Waals surface area (Å²) in [6.07, 6.45) is 0. The fourth-order valence-electron chi connectivity index (χ4n) is 1.03. The molecule has 1 aromatic heterocycles. The number of rotatable bonds is 1. The SMILES string of the molecule is Cc1nc(C)n(C(C)C)n1. The molecule has 0 aliphatic rings. The zero-order chi connectivity index (χ0) is 7.72. The summed E-state index contributed by atoms with van der Waals surface area (Å²) in [5, 5.41) is 4.22. The van der Waals surface area contributed by atoms with Gasteiger partial charge in [0.05, 0.1) is 0 Å².